The van der Waals surface area contributed by atoms with Crippen molar-refractivity contribution in [3.05, 3.63) is 187 Å². The van der Waals surface area contributed by atoms with E-state index in [-0.39, 0.29) is 0 Å². The van der Waals surface area contributed by atoms with Gasteiger partial charge >= 0.3 is 0 Å². The number of benzene rings is 1. The molecule has 1 aliphatic carbocycles. The second kappa shape index (κ2) is 19.1. The van der Waals surface area contributed by atoms with Crippen LogP contribution in [0.25, 0.3) is 5.57 Å². The molecule has 50 heavy (non-hydrogen) atoms. The first-order chi connectivity index (χ1) is 24.6. The van der Waals surface area contributed by atoms with Gasteiger partial charge in [0, 0.05) is 30.4 Å². The van der Waals surface area contributed by atoms with Crippen molar-refractivity contribution in [1.29, 1.82) is 0 Å². The largest absolute Gasteiger partial charge is 0.393 e. The molecule has 1 nitrogen and oxygen atoms in total. The fraction of sp³-hybridized carbons (Fsp3) is 0.122. The summed E-state index contributed by atoms with van der Waals surface area (Å²) in [5.74, 6) is 0.333. The molecule has 0 saturated heterocycles. The lowest BCUT2D eigenvalue weighted by molar-refractivity contribution is 0.778. The van der Waals surface area contributed by atoms with Crippen LogP contribution in [-0.2, 0) is 0 Å². The van der Waals surface area contributed by atoms with Crippen LogP contribution in [0, 0.1) is 5.92 Å². The van der Waals surface area contributed by atoms with Crippen LogP contribution in [0.1, 0.15) is 32.3 Å². The van der Waals surface area contributed by atoms with Gasteiger partial charge in [-0.3, -0.25) is 0 Å². The van der Waals surface area contributed by atoms with Crippen molar-refractivity contribution in [2.24, 2.45) is 11.7 Å². The van der Waals surface area contributed by atoms with Crippen molar-refractivity contribution >= 4 is 99.7 Å². The molecule has 5 aliphatic rings. The number of hydrogen-bond acceptors (Lipinski definition) is 9. The van der Waals surface area contributed by atoms with E-state index in [9.17, 15) is 0 Å². The fourth-order valence-corrected chi connectivity index (χ4v) is 15.2. The molecule has 1 atom stereocenters. The first kappa shape index (κ1) is 37.7. The van der Waals surface area contributed by atoms with Gasteiger partial charge in [-0.05, 0) is 59.4 Å². The summed E-state index contributed by atoms with van der Waals surface area (Å²) >= 11 is 14.8. The molecule has 4 heterocycles. The molecule has 1 aromatic carbocycles. The van der Waals surface area contributed by atoms with Crippen molar-refractivity contribution in [1.82, 2.24) is 0 Å². The standard InChI is InChI=1S/C41H37NS8/c1-4-7-9-10-11-13-17-29(31-21-22-33-35(27-31)48-39(46-33)38-43-24-25-44-38)19-15-12-14-18-28(16-8-5-2)30-20-23-34-36(26-30)49-40(47-34)41-45-32(6-3)37(42)50-41/h4-5,7-25,27,30H,1,6,26,42H2,2-3H3/b8-5+,9-7+,11-10+,15-12+,17-13+,18-14+,28-16-,29-19-,41-40+. The third-order valence-corrected chi connectivity index (χ3v) is 18.5. The van der Waals surface area contributed by atoms with Crippen LogP contribution in [0.4, 0.5) is 0 Å². The van der Waals surface area contributed by atoms with E-state index < -0.39 is 0 Å². The lowest BCUT2D eigenvalue weighted by atomic mass is 9.91. The maximum absolute atomic E-state index is 6.30. The van der Waals surface area contributed by atoms with E-state index in [1.165, 1.54) is 52.6 Å². The molecule has 0 amide bonds. The van der Waals surface area contributed by atoms with Gasteiger partial charge in [-0.2, -0.15) is 0 Å². The number of thioether (sulfide) groups is 8. The number of allylic oxidation sites excluding steroid dienone is 21. The van der Waals surface area contributed by atoms with Crippen molar-refractivity contribution < 1.29 is 0 Å². The van der Waals surface area contributed by atoms with Gasteiger partial charge in [0.05, 0.1) is 22.0 Å². The molecule has 0 fully saturated rings. The Morgan fingerprint density at radius 2 is 1.52 bits per heavy atom. The van der Waals surface area contributed by atoms with E-state index in [1.807, 2.05) is 101 Å². The smallest absolute Gasteiger partial charge is 0.0809 e. The Balaban J connectivity index is 1.16. The van der Waals surface area contributed by atoms with Crippen LogP contribution in [0.3, 0.4) is 0 Å². The van der Waals surface area contributed by atoms with Gasteiger partial charge in [0.15, 0.2) is 0 Å². The first-order valence-electron chi connectivity index (χ1n) is 16.1. The molecule has 9 heteroatoms. The zero-order valence-corrected chi connectivity index (χ0v) is 34.3. The van der Waals surface area contributed by atoms with Gasteiger partial charge in [0.1, 0.15) is 0 Å². The predicted molar refractivity (Wildman–Crippen MR) is 239 cm³/mol. The molecule has 0 aromatic heterocycles. The lowest BCUT2D eigenvalue weighted by Gasteiger charge is -2.18. The third-order valence-electron chi connectivity index (χ3n) is 7.57. The Morgan fingerprint density at radius 1 is 0.780 bits per heavy atom. The Hall–Kier alpha value is -2.08. The maximum Gasteiger partial charge on any atom is 0.0809 e. The molecular formula is C41H37NS8. The van der Waals surface area contributed by atoms with E-state index in [4.69, 9.17) is 5.73 Å². The summed E-state index contributed by atoms with van der Waals surface area (Å²) in [5, 5.41) is 5.30. The summed E-state index contributed by atoms with van der Waals surface area (Å²) in [6, 6.07) is 6.83. The van der Waals surface area contributed by atoms with E-state index in [0.717, 1.165) is 23.4 Å². The molecule has 1 unspecified atom stereocenters. The molecular weight excluding hydrogens is 763 g/mol. The minimum atomic E-state index is 0.333. The number of fused-ring (bicyclic) bond motifs is 1. The molecule has 0 saturated carbocycles. The normalized spacial score (nSPS) is 23.0. The maximum atomic E-state index is 6.30. The molecule has 254 valence electrons. The molecule has 4 aliphatic heterocycles. The number of hydrogen-bond donors (Lipinski definition) is 1. The summed E-state index contributed by atoms with van der Waals surface area (Å²) in [6.07, 6.45) is 38.1. The van der Waals surface area contributed by atoms with Crippen LogP contribution < -0.4 is 5.73 Å². The van der Waals surface area contributed by atoms with Crippen LogP contribution >= 0.6 is 94.1 Å². The van der Waals surface area contributed by atoms with Crippen molar-refractivity contribution in [2.75, 3.05) is 0 Å². The molecule has 2 N–H and O–H groups in total. The molecule has 0 bridgehead atoms. The van der Waals surface area contributed by atoms with Crippen LogP contribution in [0.5, 0.6) is 0 Å². The SMILES string of the molecule is C=C/C=C/C=C/C=C/C(=C/C=C/C=C/C(=C/C=C/C)C1C=CC2=C(C1)S/C(=C1/SC(N)=C(CC)S1)S2)c1ccc2c(c1)SC(=C1SC=CS1)S2. The lowest BCUT2D eigenvalue weighted by Crippen LogP contribution is -2.03. The Kier molecular flexibility index (Phi) is 14.4. The third kappa shape index (κ3) is 9.86. The van der Waals surface area contributed by atoms with Crippen LogP contribution in [0.15, 0.2) is 191 Å². The van der Waals surface area contributed by atoms with E-state index in [1.54, 1.807) is 17.8 Å². The van der Waals surface area contributed by atoms with Crippen LogP contribution in [0.2, 0.25) is 0 Å². The second-order valence-electron chi connectivity index (χ2n) is 11.0. The second-order valence-corrected chi connectivity index (χ2v) is 20.2. The highest BCUT2D eigenvalue weighted by Gasteiger charge is 2.31. The Morgan fingerprint density at radius 3 is 2.32 bits per heavy atom. The van der Waals surface area contributed by atoms with E-state index in [2.05, 4.69) is 128 Å². The van der Waals surface area contributed by atoms with Gasteiger partial charge < -0.3 is 5.73 Å². The van der Waals surface area contributed by atoms with Gasteiger partial charge in [0.25, 0.3) is 0 Å². The quantitative estimate of drug-likeness (QED) is 0.220. The Labute approximate surface area is 331 Å². The minimum Gasteiger partial charge on any atom is -0.393 e. The van der Waals surface area contributed by atoms with Crippen molar-refractivity contribution in [2.45, 2.75) is 36.5 Å². The molecule has 0 radical (unpaired) electrons. The fourth-order valence-electron chi connectivity index (χ4n) is 5.10. The highest BCUT2D eigenvalue weighted by Crippen LogP contribution is 2.62. The van der Waals surface area contributed by atoms with Gasteiger partial charge in [-0.1, -0.05) is 217 Å². The Bertz CT molecular complexity index is 1940. The molecule has 1 aromatic rings. The number of rotatable bonds is 11. The van der Waals surface area contributed by atoms with E-state index in [0.29, 0.717) is 5.92 Å². The first-order valence-corrected chi connectivity index (χ1v) is 22.8. The molecule has 0 spiro atoms. The summed E-state index contributed by atoms with van der Waals surface area (Å²) in [4.78, 5) is 6.80. The minimum absolute atomic E-state index is 0.333. The highest BCUT2D eigenvalue weighted by molar-refractivity contribution is 8.34. The average Bonchev–Trinajstić information content (AvgIpc) is 3.95. The predicted octanol–water partition coefficient (Wildman–Crippen LogP) is 15.2. The summed E-state index contributed by atoms with van der Waals surface area (Å²) < 4.78 is 5.47. The zero-order chi connectivity index (χ0) is 34.7. The monoisotopic (exact) mass is 799 g/mol. The summed E-state index contributed by atoms with van der Waals surface area (Å²) in [6.45, 7) is 8.00. The molecule has 6 rings (SSSR count). The van der Waals surface area contributed by atoms with Gasteiger partial charge in [-0.15, -0.1) is 0 Å². The van der Waals surface area contributed by atoms with Gasteiger partial charge in [0.2, 0.25) is 0 Å². The van der Waals surface area contributed by atoms with Crippen molar-refractivity contribution in [3.8, 4) is 0 Å². The van der Waals surface area contributed by atoms with E-state index >= 15 is 0 Å². The highest BCUT2D eigenvalue weighted by atomic mass is 32.2. The van der Waals surface area contributed by atoms with Crippen LogP contribution in [-0.4, -0.2) is 0 Å². The summed E-state index contributed by atoms with van der Waals surface area (Å²) in [7, 11) is 0. The zero-order valence-electron chi connectivity index (χ0n) is 27.7. The summed E-state index contributed by atoms with van der Waals surface area (Å²) in [5.41, 5.74) is 9.97. The van der Waals surface area contributed by atoms with Crippen molar-refractivity contribution in [3.63, 3.8) is 0 Å². The van der Waals surface area contributed by atoms with Gasteiger partial charge in [-0.25, -0.2) is 0 Å². The number of nitrogens with two attached hydrogens (primary N) is 1. The average molecular weight is 800 g/mol. The topological polar surface area (TPSA) is 26.0 Å².